The largest absolute Gasteiger partial charge is 0.481 e. The molecule has 1 aromatic carbocycles. The quantitative estimate of drug-likeness (QED) is 0.757. The summed E-state index contributed by atoms with van der Waals surface area (Å²) in [6.45, 7) is 3.56. The molecule has 2 N–H and O–H groups in total. The van der Waals surface area contributed by atoms with E-state index in [-0.39, 0.29) is 18.1 Å². The minimum atomic E-state index is -3.42. The van der Waals surface area contributed by atoms with Crippen molar-refractivity contribution in [2.45, 2.75) is 26.7 Å². The number of benzene rings is 1. The molecule has 0 aromatic heterocycles. The fraction of sp³-hybridized carbons (Fsp3) is 0.467. The Labute approximate surface area is 130 Å². The van der Waals surface area contributed by atoms with Crippen LogP contribution in [0.3, 0.4) is 0 Å². The average molecular weight is 327 g/mol. The second-order valence-electron chi connectivity index (χ2n) is 5.59. The Hall–Kier alpha value is -1.89. The van der Waals surface area contributed by atoms with Crippen LogP contribution in [0.25, 0.3) is 0 Å². The molecule has 0 saturated carbocycles. The number of rotatable bonds is 8. The van der Waals surface area contributed by atoms with Crippen LogP contribution in [0, 0.1) is 5.92 Å². The molecule has 6 nitrogen and oxygen atoms in total. The van der Waals surface area contributed by atoms with Gasteiger partial charge in [-0.15, -0.1) is 0 Å². The Morgan fingerprint density at radius 2 is 1.95 bits per heavy atom. The van der Waals surface area contributed by atoms with Gasteiger partial charge in [0.2, 0.25) is 5.91 Å². The molecule has 0 atom stereocenters. The van der Waals surface area contributed by atoms with Gasteiger partial charge in [-0.1, -0.05) is 26.0 Å². The highest BCUT2D eigenvalue weighted by molar-refractivity contribution is 7.92. The van der Waals surface area contributed by atoms with Gasteiger partial charge in [0.15, 0.2) is 9.84 Å². The summed E-state index contributed by atoms with van der Waals surface area (Å²) in [6, 6.07) is 6.73. The summed E-state index contributed by atoms with van der Waals surface area (Å²) in [7, 11) is -3.42. The summed E-state index contributed by atoms with van der Waals surface area (Å²) < 4.78 is 23.5. The van der Waals surface area contributed by atoms with Gasteiger partial charge in [-0.25, -0.2) is 8.42 Å². The normalized spacial score (nSPS) is 11.4. The molecule has 1 amide bonds. The summed E-state index contributed by atoms with van der Waals surface area (Å²) in [4.78, 5) is 22.3. The van der Waals surface area contributed by atoms with Gasteiger partial charge >= 0.3 is 5.97 Å². The topological polar surface area (TPSA) is 101 Å². The van der Waals surface area contributed by atoms with Gasteiger partial charge in [0.1, 0.15) is 5.75 Å². The van der Waals surface area contributed by atoms with Crippen LogP contribution < -0.4 is 5.32 Å². The van der Waals surface area contributed by atoms with Gasteiger partial charge in [0.05, 0.1) is 5.75 Å². The van der Waals surface area contributed by atoms with Crippen molar-refractivity contribution in [3.05, 3.63) is 29.8 Å². The molecule has 0 heterocycles. The van der Waals surface area contributed by atoms with Crippen molar-refractivity contribution in [3.8, 4) is 0 Å². The highest BCUT2D eigenvalue weighted by Gasteiger charge is 2.18. The van der Waals surface area contributed by atoms with E-state index >= 15 is 0 Å². The number of amides is 1. The molecule has 1 rings (SSSR count). The van der Waals surface area contributed by atoms with E-state index in [1.54, 1.807) is 38.1 Å². The maximum Gasteiger partial charge on any atom is 0.303 e. The van der Waals surface area contributed by atoms with Crippen LogP contribution in [0.1, 0.15) is 25.8 Å². The maximum atomic E-state index is 11.8. The number of carboxylic acids is 1. The Balaban J connectivity index is 2.64. The van der Waals surface area contributed by atoms with E-state index in [9.17, 15) is 18.0 Å². The first-order chi connectivity index (χ1) is 10.2. The molecule has 0 spiro atoms. The lowest BCUT2D eigenvalue weighted by molar-refractivity contribution is -0.137. The predicted octanol–water partition coefficient (Wildman–Crippen LogP) is 1.71. The zero-order valence-electron chi connectivity index (χ0n) is 12.7. The van der Waals surface area contributed by atoms with E-state index in [1.165, 1.54) is 0 Å². The van der Waals surface area contributed by atoms with Crippen molar-refractivity contribution in [2.75, 3.05) is 16.8 Å². The average Bonchev–Trinajstić information content (AvgIpc) is 2.34. The Morgan fingerprint density at radius 3 is 2.55 bits per heavy atom. The first kappa shape index (κ1) is 18.2. The van der Waals surface area contributed by atoms with Crippen LogP contribution >= 0.6 is 0 Å². The molecule has 7 heteroatoms. The van der Waals surface area contributed by atoms with Crippen LogP contribution in [0.5, 0.6) is 0 Å². The van der Waals surface area contributed by atoms with Crippen molar-refractivity contribution in [1.29, 1.82) is 0 Å². The molecular formula is C15H21NO5S. The molecule has 22 heavy (non-hydrogen) atoms. The van der Waals surface area contributed by atoms with E-state index in [4.69, 9.17) is 5.11 Å². The molecule has 0 unspecified atom stereocenters. The van der Waals surface area contributed by atoms with Crippen molar-refractivity contribution in [1.82, 2.24) is 0 Å². The summed E-state index contributed by atoms with van der Waals surface area (Å²) in [6.07, 6.45) is 0.352. The van der Waals surface area contributed by atoms with Gasteiger partial charge in [-0.2, -0.15) is 0 Å². The number of hydrogen-bond acceptors (Lipinski definition) is 4. The number of carbonyl (C=O) groups excluding carboxylic acids is 1. The number of aliphatic carboxylic acids is 1. The lowest BCUT2D eigenvalue weighted by Gasteiger charge is -2.09. The van der Waals surface area contributed by atoms with Crippen molar-refractivity contribution in [3.63, 3.8) is 0 Å². The Bertz CT molecular complexity index is 637. The summed E-state index contributed by atoms with van der Waals surface area (Å²) in [5, 5.41) is 11.2. The molecule has 0 aliphatic rings. The van der Waals surface area contributed by atoms with E-state index in [0.717, 1.165) is 5.56 Å². The van der Waals surface area contributed by atoms with Crippen LogP contribution in [-0.2, 0) is 25.8 Å². The number of hydrogen-bond donors (Lipinski definition) is 2. The third-order valence-corrected chi connectivity index (χ3v) is 4.65. The molecule has 0 saturated heterocycles. The van der Waals surface area contributed by atoms with E-state index < -0.39 is 27.5 Å². The molecule has 0 aliphatic carbocycles. The fourth-order valence-electron chi connectivity index (χ4n) is 2.02. The minimum absolute atomic E-state index is 0.000166. The third-order valence-electron chi connectivity index (χ3n) is 2.78. The second kappa shape index (κ2) is 7.93. The molecule has 0 bridgehead atoms. The Kier molecular flexibility index (Phi) is 6.55. The van der Waals surface area contributed by atoms with E-state index in [2.05, 4.69) is 5.32 Å². The first-order valence-corrected chi connectivity index (χ1v) is 8.81. The molecule has 0 radical (unpaired) electrons. The van der Waals surface area contributed by atoms with Crippen LogP contribution in [-0.4, -0.2) is 36.9 Å². The number of carboxylic acid groups (broad SMARTS) is 1. The van der Waals surface area contributed by atoms with Gasteiger partial charge in [0, 0.05) is 12.1 Å². The predicted molar refractivity (Wildman–Crippen MR) is 84.5 cm³/mol. The van der Waals surface area contributed by atoms with Crippen LogP contribution in [0.15, 0.2) is 24.3 Å². The van der Waals surface area contributed by atoms with Crippen molar-refractivity contribution in [2.24, 2.45) is 5.92 Å². The maximum absolute atomic E-state index is 11.8. The highest BCUT2D eigenvalue weighted by Crippen LogP contribution is 2.13. The van der Waals surface area contributed by atoms with Crippen molar-refractivity contribution < 1.29 is 23.1 Å². The van der Waals surface area contributed by atoms with E-state index in [1.807, 2.05) is 0 Å². The lowest BCUT2D eigenvalue weighted by Crippen LogP contribution is -2.26. The number of nitrogens with one attached hydrogen (secondary N) is 1. The summed E-state index contributed by atoms with van der Waals surface area (Å²) in [5.41, 5.74) is 1.23. The minimum Gasteiger partial charge on any atom is -0.481 e. The summed E-state index contributed by atoms with van der Waals surface area (Å²) >= 11 is 0. The van der Waals surface area contributed by atoms with Crippen LogP contribution in [0.2, 0.25) is 0 Å². The summed E-state index contributed by atoms with van der Waals surface area (Å²) in [5.74, 6) is -2.09. The highest BCUT2D eigenvalue weighted by atomic mass is 32.2. The monoisotopic (exact) mass is 327 g/mol. The SMILES string of the molecule is CC(C)CS(=O)(=O)CC(=O)Nc1cccc(CCC(=O)O)c1. The van der Waals surface area contributed by atoms with Gasteiger partial charge in [-0.05, 0) is 30.0 Å². The Morgan fingerprint density at radius 1 is 1.27 bits per heavy atom. The number of aryl methyl sites for hydroxylation is 1. The van der Waals surface area contributed by atoms with Gasteiger partial charge in [0.25, 0.3) is 0 Å². The smallest absolute Gasteiger partial charge is 0.303 e. The molecule has 0 fully saturated rings. The molecule has 122 valence electrons. The van der Waals surface area contributed by atoms with Crippen molar-refractivity contribution >= 4 is 27.4 Å². The van der Waals surface area contributed by atoms with E-state index in [0.29, 0.717) is 12.1 Å². The zero-order chi connectivity index (χ0) is 16.8. The third kappa shape index (κ3) is 7.21. The molecule has 1 aromatic rings. The lowest BCUT2D eigenvalue weighted by atomic mass is 10.1. The van der Waals surface area contributed by atoms with Gasteiger partial charge < -0.3 is 10.4 Å². The second-order valence-corrected chi connectivity index (χ2v) is 7.70. The standard InChI is InChI=1S/C15H21NO5S/c1-11(2)9-22(20,21)10-14(17)16-13-5-3-4-12(8-13)6-7-15(18)19/h3-5,8,11H,6-7,9-10H2,1-2H3,(H,16,17)(H,18,19). The molecule has 0 aliphatic heterocycles. The number of carbonyl (C=O) groups is 2. The zero-order valence-corrected chi connectivity index (χ0v) is 13.5. The van der Waals surface area contributed by atoms with Gasteiger partial charge in [-0.3, -0.25) is 9.59 Å². The fourth-order valence-corrected chi connectivity index (χ4v) is 3.62. The first-order valence-electron chi connectivity index (χ1n) is 6.99. The number of anilines is 1. The number of sulfone groups is 1. The molecular weight excluding hydrogens is 306 g/mol. The van der Waals surface area contributed by atoms with Crippen LogP contribution in [0.4, 0.5) is 5.69 Å².